The van der Waals surface area contributed by atoms with E-state index in [1.807, 2.05) is 12.1 Å². The van der Waals surface area contributed by atoms with Crippen LogP contribution in [0.2, 0.25) is 0 Å². The molecule has 1 saturated heterocycles. The third kappa shape index (κ3) is 5.62. The average molecular weight is 288 g/mol. The van der Waals surface area contributed by atoms with Gasteiger partial charge in [0.05, 0.1) is 6.61 Å². The summed E-state index contributed by atoms with van der Waals surface area (Å²) < 4.78 is 0. The Morgan fingerprint density at radius 2 is 2.00 bits per heavy atom. The molecule has 1 aliphatic rings. The van der Waals surface area contributed by atoms with Crippen LogP contribution < -0.4 is 5.32 Å². The van der Waals surface area contributed by atoms with E-state index in [1.165, 1.54) is 37.1 Å². The summed E-state index contributed by atoms with van der Waals surface area (Å²) in [4.78, 5) is 2.53. The minimum Gasteiger partial charge on any atom is -0.392 e. The molecule has 0 saturated carbocycles. The molecule has 1 aromatic carbocycles. The van der Waals surface area contributed by atoms with Crippen LogP contribution in [0.25, 0.3) is 0 Å². The van der Waals surface area contributed by atoms with Gasteiger partial charge in [0, 0.05) is 19.1 Å². The second-order valence-corrected chi connectivity index (χ2v) is 6.22. The number of rotatable bonds is 6. The molecule has 3 heteroatoms. The van der Waals surface area contributed by atoms with Gasteiger partial charge in [-0.3, -0.25) is 4.90 Å². The van der Waals surface area contributed by atoms with E-state index < -0.39 is 0 Å². The maximum atomic E-state index is 9.17. The van der Waals surface area contributed by atoms with Gasteiger partial charge in [-0.25, -0.2) is 0 Å². The zero-order valence-electron chi connectivity index (χ0n) is 13.3. The van der Waals surface area contributed by atoms with Gasteiger partial charge in [0.15, 0.2) is 0 Å². The number of aliphatic hydroxyl groups excluding tert-OH is 1. The van der Waals surface area contributed by atoms with E-state index in [0.29, 0.717) is 6.04 Å². The van der Waals surface area contributed by atoms with E-state index in [4.69, 9.17) is 5.11 Å². The van der Waals surface area contributed by atoms with Crippen molar-refractivity contribution in [3.8, 4) is 0 Å². The highest BCUT2D eigenvalue weighted by Gasteiger charge is 2.17. The smallest absolute Gasteiger partial charge is 0.0681 e. The van der Waals surface area contributed by atoms with Crippen molar-refractivity contribution >= 4 is 0 Å². The minimum absolute atomic E-state index is 0.122. The van der Waals surface area contributed by atoms with Crippen LogP contribution in [0.3, 0.4) is 0 Å². The molecule has 1 fully saturated rings. The summed E-state index contributed by atoms with van der Waals surface area (Å²) in [6.07, 6.45) is 4.75. The molecule has 0 amide bonds. The summed E-state index contributed by atoms with van der Waals surface area (Å²) in [6.45, 7) is 8.79. The number of likely N-dealkylation sites (tertiary alicyclic amines) is 1. The first-order valence-corrected chi connectivity index (χ1v) is 7.95. The van der Waals surface area contributed by atoms with Crippen LogP contribution in [0.15, 0.2) is 35.9 Å². The molecule has 0 aromatic heterocycles. The van der Waals surface area contributed by atoms with Crippen LogP contribution >= 0.6 is 0 Å². The predicted molar refractivity (Wildman–Crippen MR) is 88.1 cm³/mol. The van der Waals surface area contributed by atoms with Crippen molar-refractivity contribution in [3.63, 3.8) is 0 Å². The lowest BCUT2D eigenvalue weighted by molar-refractivity contribution is 0.214. The van der Waals surface area contributed by atoms with Gasteiger partial charge in [-0.15, -0.1) is 0 Å². The lowest BCUT2D eigenvalue weighted by Gasteiger charge is -2.32. The van der Waals surface area contributed by atoms with E-state index in [9.17, 15) is 0 Å². The molecule has 0 unspecified atom stereocenters. The highest BCUT2D eigenvalue weighted by Crippen LogP contribution is 2.12. The van der Waals surface area contributed by atoms with Crippen LogP contribution in [0, 0.1) is 0 Å². The summed E-state index contributed by atoms with van der Waals surface area (Å²) in [5.74, 6) is 0. The topological polar surface area (TPSA) is 35.5 Å². The number of nitrogens with zero attached hydrogens (tertiary/aromatic N) is 1. The van der Waals surface area contributed by atoms with Gasteiger partial charge < -0.3 is 10.4 Å². The first-order valence-electron chi connectivity index (χ1n) is 7.95. The lowest BCUT2D eigenvalue weighted by Crippen LogP contribution is -2.42. The third-order valence-corrected chi connectivity index (χ3v) is 4.11. The molecule has 0 spiro atoms. The molecule has 3 nitrogen and oxygen atoms in total. The maximum absolute atomic E-state index is 9.17. The molecule has 0 atom stereocenters. The highest BCUT2D eigenvalue weighted by molar-refractivity contribution is 5.22. The zero-order valence-corrected chi connectivity index (χ0v) is 13.3. The van der Waals surface area contributed by atoms with Crippen molar-refractivity contribution in [3.05, 3.63) is 47.0 Å². The molecule has 2 rings (SSSR count). The van der Waals surface area contributed by atoms with Crippen molar-refractivity contribution in [2.45, 2.75) is 45.9 Å². The molecule has 1 aromatic rings. The Morgan fingerprint density at radius 3 is 2.67 bits per heavy atom. The summed E-state index contributed by atoms with van der Waals surface area (Å²) in [5.41, 5.74) is 3.65. The second kappa shape index (κ2) is 8.32. The van der Waals surface area contributed by atoms with Gasteiger partial charge in [0.1, 0.15) is 0 Å². The molecule has 0 aliphatic carbocycles. The Morgan fingerprint density at radius 1 is 1.29 bits per heavy atom. The molecule has 1 aliphatic heterocycles. The first kappa shape index (κ1) is 16.2. The fourth-order valence-corrected chi connectivity index (χ4v) is 2.73. The molecular formula is C18H28N2O. The first-order chi connectivity index (χ1) is 10.2. The van der Waals surface area contributed by atoms with E-state index in [0.717, 1.165) is 18.7 Å². The standard InChI is InChI=1S/C18H28N2O/c1-15(2)6-9-20-10-7-18(8-11-20)19-13-16-4-3-5-17(12-16)14-21/h3-6,12,18-19,21H,7-11,13-14H2,1-2H3. The molecule has 2 N–H and O–H groups in total. The summed E-state index contributed by atoms with van der Waals surface area (Å²) in [6, 6.07) is 8.80. The number of benzene rings is 1. The van der Waals surface area contributed by atoms with E-state index >= 15 is 0 Å². The molecule has 116 valence electrons. The number of allylic oxidation sites excluding steroid dienone is 1. The van der Waals surface area contributed by atoms with Crippen LogP contribution in [0.4, 0.5) is 0 Å². The Kier molecular flexibility index (Phi) is 6.43. The van der Waals surface area contributed by atoms with Gasteiger partial charge in [0.2, 0.25) is 0 Å². The van der Waals surface area contributed by atoms with Gasteiger partial charge in [0.25, 0.3) is 0 Å². The van der Waals surface area contributed by atoms with Crippen molar-refractivity contribution in [2.75, 3.05) is 19.6 Å². The fourth-order valence-electron chi connectivity index (χ4n) is 2.73. The number of piperidine rings is 1. The largest absolute Gasteiger partial charge is 0.392 e. The maximum Gasteiger partial charge on any atom is 0.0681 e. The monoisotopic (exact) mass is 288 g/mol. The Balaban J connectivity index is 1.72. The quantitative estimate of drug-likeness (QED) is 0.790. The second-order valence-electron chi connectivity index (χ2n) is 6.22. The van der Waals surface area contributed by atoms with Crippen molar-refractivity contribution in [1.29, 1.82) is 0 Å². The number of aliphatic hydroxyl groups is 1. The highest BCUT2D eigenvalue weighted by atomic mass is 16.3. The summed E-state index contributed by atoms with van der Waals surface area (Å²) in [5, 5.41) is 12.8. The van der Waals surface area contributed by atoms with Crippen LogP contribution in [-0.4, -0.2) is 35.7 Å². The Labute approximate surface area is 128 Å². The Hall–Kier alpha value is -1.16. The fraction of sp³-hybridized carbons (Fsp3) is 0.556. The number of nitrogens with one attached hydrogen (secondary N) is 1. The molecule has 0 bridgehead atoms. The van der Waals surface area contributed by atoms with Gasteiger partial charge in [-0.05, 0) is 50.9 Å². The van der Waals surface area contributed by atoms with Crippen LogP contribution in [0.5, 0.6) is 0 Å². The molecule has 21 heavy (non-hydrogen) atoms. The van der Waals surface area contributed by atoms with Crippen LogP contribution in [-0.2, 0) is 13.2 Å². The van der Waals surface area contributed by atoms with Crippen molar-refractivity contribution in [2.24, 2.45) is 0 Å². The van der Waals surface area contributed by atoms with Crippen LogP contribution in [0.1, 0.15) is 37.8 Å². The third-order valence-electron chi connectivity index (χ3n) is 4.11. The Bertz CT molecular complexity index is 458. The van der Waals surface area contributed by atoms with E-state index in [1.54, 1.807) is 0 Å². The van der Waals surface area contributed by atoms with E-state index in [-0.39, 0.29) is 6.61 Å². The average Bonchev–Trinajstić information content (AvgIpc) is 2.52. The molecule has 0 radical (unpaired) electrons. The number of hydrogen-bond acceptors (Lipinski definition) is 3. The zero-order chi connectivity index (χ0) is 15.1. The number of hydrogen-bond donors (Lipinski definition) is 2. The molecule has 1 heterocycles. The van der Waals surface area contributed by atoms with Crippen molar-refractivity contribution < 1.29 is 5.11 Å². The summed E-state index contributed by atoms with van der Waals surface area (Å²) >= 11 is 0. The van der Waals surface area contributed by atoms with Crippen molar-refractivity contribution in [1.82, 2.24) is 10.2 Å². The SMILES string of the molecule is CC(C)=CCN1CCC(NCc2cccc(CO)c2)CC1. The van der Waals surface area contributed by atoms with Gasteiger partial charge in [-0.1, -0.05) is 35.9 Å². The lowest BCUT2D eigenvalue weighted by atomic mass is 10.0. The predicted octanol–water partition coefficient (Wildman–Crippen LogP) is 2.70. The van der Waals surface area contributed by atoms with E-state index in [2.05, 4.69) is 42.3 Å². The molecular weight excluding hydrogens is 260 g/mol. The summed E-state index contributed by atoms with van der Waals surface area (Å²) in [7, 11) is 0. The van der Waals surface area contributed by atoms with Gasteiger partial charge in [-0.2, -0.15) is 0 Å². The normalized spacial score (nSPS) is 16.9. The van der Waals surface area contributed by atoms with Gasteiger partial charge >= 0.3 is 0 Å². The minimum atomic E-state index is 0.122.